The molecule has 1 atom stereocenters. The van der Waals surface area contributed by atoms with Gasteiger partial charge in [-0.15, -0.1) is 0 Å². The number of nitrogens with zero attached hydrogens (tertiary/aromatic N) is 1. The van der Waals surface area contributed by atoms with Gasteiger partial charge in [0, 0.05) is 0 Å². The zero-order valence-corrected chi connectivity index (χ0v) is 7.70. The van der Waals surface area contributed by atoms with Gasteiger partial charge in [0.1, 0.15) is 0 Å². The van der Waals surface area contributed by atoms with Crippen molar-refractivity contribution < 1.29 is 14.7 Å². The van der Waals surface area contributed by atoms with E-state index >= 15 is 0 Å². The molecular formula is C8H15NO3. The van der Waals surface area contributed by atoms with E-state index in [0.717, 1.165) is 12.1 Å². The highest BCUT2D eigenvalue weighted by atomic mass is 16.6. The van der Waals surface area contributed by atoms with Crippen molar-refractivity contribution in [3.63, 3.8) is 0 Å². The van der Waals surface area contributed by atoms with Crippen molar-refractivity contribution in [2.45, 2.75) is 39.7 Å². The van der Waals surface area contributed by atoms with Gasteiger partial charge in [-0.2, -0.15) is 0 Å². The van der Waals surface area contributed by atoms with Gasteiger partial charge in [-0.25, -0.2) is 4.79 Å². The van der Waals surface area contributed by atoms with E-state index < -0.39 is 12.1 Å². The highest BCUT2D eigenvalue weighted by Crippen LogP contribution is 2.02. The van der Waals surface area contributed by atoms with E-state index in [0.29, 0.717) is 6.42 Å². The third kappa shape index (κ3) is 4.71. The average molecular weight is 173 g/mol. The van der Waals surface area contributed by atoms with Crippen molar-refractivity contribution in [2.24, 2.45) is 5.16 Å². The molecular weight excluding hydrogens is 158 g/mol. The summed E-state index contributed by atoms with van der Waals surface area (Å²) in [6.07, 6.45) is 0.464. The lowest BCUT2D eigenvalue weighted by Gasteiger charge is -2.08. The number of carboxylic acids is 1. The monoisotopic (exact) mass is 173 g/mol. The van der Waals surface area contributed by atoms with Gasteiger partial charge in [0.2, 0.25) is 6.10 Å². The van der Waals surface area contributed by atoms with Crippen molar-refractivity contribution in [3.8, 4) is 0 Å². The third-order valence-electron chi connectivity index (χ3n) is 1.19. The van der Waals surface area contributed by atoms with Gasteiger partial charge in [-0.3, -0.25) is 0 Å². The zero-order valence-electron chi connectivity index (χ0n) is 7.70. The summed E-state index contributed by atoms with van der Waals surface area (Å²) in [7, 11) is 0. The fourth-order valence-corrected chi connectivity index (χ4v) is 0.652. The van der Waals surface area contributed by atoms with E-state index in [1.165, 1.54) is 0 Å². The molecule has 0 aromatic heterocycles. The molecule has 0 amide bonds. The van der Waals surface area contributed by atoms with Crippen molar-refractivity contribution in [1.29, 1.82) is 0 Å². The average Bonchev–Trinajstić information content (AvgIpc) is 1.96. The first-order valence-corrected chi connectivity index (χ1v) is 3.97. The quantitative estimate of drug-likeness (QED) is 0.508. The predicted octanol–water partition coefficient (Wildman–Crippen LogP) is 1.65. The second-order valence-corrected chi connectivity index (χ2v) is 2.76. The number of hydrogen-bond acceptors (Lipinski definition) is 3. The van der Waals surface area contributed by atoms with Crippen LogP contribution in [0.4, 0.5) is 0 Å². The molecule has 0 aliphatic carbocycles. The maximum atomic E-state index is 10.5. The number of carbonyl (C=O) groups is 1. The molecule has 0 aliphatic heterocycles. The van der Waals surface area contributed by atoms with Crippen LogP contribution in [0.25, 0.3) is 0 Å². The van der Waals surface area contributed by atoms with Crippen LogP contribution in [0.15, 0.2) is 5.16 Å². The molecule has 4 nitrogen and oxygen atoms in total. The largest absolute Gasteiger partial charge is 0.478 e. The number of rotatable bonds is 5. The highest BCUT2D eigenvalue weighted by Gasteiger charge is 2.17. The maximum absolute atomic E-state index is 10.5. The summed E-state index contributed by atoms with van der Waals surface area (Å²) in [5, 5.41) is 12.2. The van der Waals surface area contributed by atoms with Crippen molar-refractivity contribution in [3.05, 3.63) is 0 Å². The Bertz CT molecular complexity index is 173. The smallest absolute Gasteiger partial charge is 0.347 e. The molecule has 0 rings (SSSR count). The van der Waals surface area contributed by atoms with Crippen LogP contribution in [0, 0.1) is 0 Å². The lowest BCUT2D eigenvalue weighted by Crippen LogP contribution is -2.21. The molecule has 0 aliphatic rings. The number of carboxylic acid groups (broad SMARTS) is 1. The minimum atomic E-state index is -0.957. The van der Waals surface area contributed by atoms with Crippen LogP contribution in [0.2, 0.25) is 0 Å². The lowest BCUT2D eigenvalue weighted by atomic mass is 10.2. The second kappa shape index (κ2) is 5.57. The summed E-state index contributed by atoms with van der Waals surface area (Å²) < 4.78 is 0. The van der Waals surface area contributed by atoms with Crippen LogP contribution in [-0.2, 0) is 9.63 Å². The third-order valence-corrected chi connectivity index (χ3v) is 1.19. The first-order valence-electron chi connectivity index (χ1n) is 3.97. The summed E-state index contributed by atoms with van der Waals surface area (Å²) in [5.74, 6) is -0.957. The van der Waals surface area contributed by atoms with E-state index in [2.05, 4.69) is 5.16 Å². The molecule has 0 saturated carbocycles. The molecule has 1 N–H and O–H groups in total. The molecule has 1 unspecified atom stereocenters. The Labute approximate surface area is 72.2 Å². The summed E-state index contributed by atoms with van der Waals surface area (Å²) >= 11 is 0. The van der Waals surface area contributed by atoms with Gasteiger partial charge in [0.25, 0.3) is 0 Å². The van der Waals surface area contributed by atoms with E-state index in [-0.39, 0.29) is 0 Å². The minimum Gasteiger partial charge on any atom is -0.478 e. The predicted molar refractivity (Wildman–Crippen MR) is 46.2 cm³/mol. The fourth-order valence-electron chi connectivity index (χ4n) is 0.652. The SMILES string of the molecule is CCCC(ON=C(C)C)C(=O)O. The molecule has 0 aromatic carbocycles. The van der Waals surface area contributed by atoms with Crippen LogP contribution in [0.3, 0.4) is 0 Å². The van der Waals surface area contributed by atoms with Crippen LogP contribution in [0.1, 0.15) is 33.6 Å². The molecule has 0 bridgehead atoms. The standard InChI is InChI=1S/C8H15NO3/c1-4-5-7(8(10)11)12-9-6(2)3/h7H,4-5H2,1-3H3,(H,10,11). The molecule has 0 fully saturated rings. The van der Waals surface area contributed by atoms with Crippen molar-refractivity contribution >= 4 is 11.7 Å². The minimum absolute atomic E-state index is 0.492. The summed E-state index contributed by atoms with van der Waals surface area (Å²) in [6, 6.07) is 0. The molecule has 70 valence electrons. The van der Waals surface area contributed by atoms with E-state index in [4.69, 9.17) is 9.94 Å². The van der Waals surface area contributed by atoms with Crippen molar-refractivity contribution in [2.75, 3.05) is 0 Å². The van der Waals surface area contributed by atoms with Gasteiger partial charge in [-0.1, -0.05) is 18.5 Å². The van der Waals surface area contributed by atoms with E-state index in [1.807, 2.05) is 6.92 Å². The Balaban J connectivity index is 3.96. The normalized spacial score (nSPS) is 11.9. The number of hydrogen-bond donors (Lipinski definition) is 1. The molecule has 12 heavy (non-hydrogen) atoms. The maximum Gasteiger partial charge on any atom is 0.347 e. The molecule has 0 saturated heterocycles. The molecule has 0 radical (unpaired) electrons. The highest BCUT2D eigenvalue weighted by molar-refractivity contribution is 5.78. The fraction of sp³-hybridized carbons (Fsp3) is 0.750. The summed E-state index contributed by atoms with van der Waals surface area (Å²) in [4.78, 5) is 15.3. The van der Waals surface area contributed by atoms with Gasteiger partial charge >= 0.3 is 5.97 Å². The Hall–Kier alpha value is -1.06. The zero-order chi connectivity index (χ0) is 9.56. The van der Waals surface area contributed by atoms with Crippen LogP contribution in [-0.4, -0.2) is 22.9 Å². The first-order chi connectivity index (χ1) is 5.57. The van der Waals surface area contributed by atoms with Gasteiger partial charge in [-0.05, 0) is 20.3 Å². The number of oxime groups is 1. The summed E-state index contributed by atoms with van der Waals surface area (Å²) in [5.41, 5.74) is 0.720. The first kappa shape index (κ1) is 10.9. The van der Waals surface area contributed by atoms with Gasteiger partial charge < -0.3 is 9.94 Å². The Morgan fingerprint density at radius 1 is 1.58 bits per heavy atom. The number of aliphatic carboxylic acids is 1. The molecule has 0 aromatic rings. The second-order valence-electron chi connectivity index (χ2n) is 2.76. The van der Waals surface area contributed by atoms with Crippen LogP contribution in [0.5, 0.6) is 0 Å². The topological polar surface area (TPSA) is 58.9 Å². The molecule has 4 heteroatoms. The Morgan fingerprint density at radius 2 is 2.17 bits per heavy atom. The van der Waals surface area contributed by atoms with Crippen molar-refractivity contribution in [1.82, 2.24) is 0 Å². The van der Waals surface area contributed by atoms with E-state index in [1.54, 1.807) is 13.8 Å². The Morgan fingerprint density at radius 3 is 2.50 bits per heavy atom. The molecule has 0 spiro atoms. The lowest BCUT2D eigenvalue weighted by molar-refractivity contribution is -0.150. The molecule has 0 heterocycles. The summed E-state index contributed by atoms with van der Waals surface area (Å²) in [6.45, 7) is 5.41. The van der Waals surface area contributed by atoms with Gasteiger partial charge in [0.15, 0.2) is 0 Å². The van der Waals surface area contributed by atoms with Gasteiger partial charge in [0.05, 0.1) is 5.71 Å². The van der Waals surface area contributed by atoms with Crippen LogP contribution >= 0.6 is 0 Å². The van der Waals surface area contributed by atoms with E-state index in [9.17, 15) is 4.79 Å². The van der Waals surface area contributed by atoms with Crippen LogP contribution < -0.4 is 0 Å². The Kier molecular flexibility index (Phi) is 5.08.